The van der Waals surface area contributed by atoms with Crippen LogP contribution < -0.4 is 5.56 Å². The Hall–Kier alpha value is -2.93. The van der Waals surface area contributed by atoms with E-state index in [2.05, 4.69) is 30.7 Å². The summed E-state index contributed by atoms with van der Waals surface area (Å²) in [7, 11) is 0. The second kappa shape index (κ2) is 5.86. The predicted octanol–water partition coefficient (Wildman–Crippen LogP) is 3.16. The number of fused-ring (bicyclic) bond motifs is 2. The largest absolute Gasteiger partial charge is 0.296 e. The molecule has 0 bridgehead atoms. The normalized spacial score (nSPS) is 18.6. The van der Waals surface area contributed by atoms with Gasteiger partial charge in [-0.15, -0.1) is 0 Å². The lowest BCUT2D eigenvalue weighted by molar-refractivity contribution is 0.303. The highest BCUT2D eigenvalue weighted by molar-refractivity contribution is 5.79. The summed E-state index contributed by atoms with van der Waals surface area (Å²) in [6.07, 6.45) is 3.60. The minimum atomic E-state index is 0.0569. The van der Waals surface area contributed by atoms with Gasteiger partial charge in [-0.2, -0.15) is 0 Å². The molecule has 2 aromatic heterocycles. The molecule has 0 aliphatic carbocycles. The van der Waals surface area contributed by atoms with Gasteiger partial charge in [0.15, 0.2) is 0 Å². The molecule has 1 aliphatic heterocycles. The lowest BCUT2D eigenvalue weighted by atomic mass is 9.86. The van der Waals surface area contributed by atoms with Crippen LogP contribution in [0.1, 0.15) is 37.4 Å². The summed E-state index contributed by atoms with van der Waals surface area (Å²) in [6.45, 7) is 5.14. The maximum absolute atomic E-state index is 12.8. The van der Waals surface area contributed by atoms with Crippen molar-refractivity contribution in [2.24, 2.45) is 5.41 Å². The molecule has 3 heterocycles. The van der Waals surface area contributed by atoms with E-state index < -0.39 is 0 Å². The van der Waals surface area contributed by atoms with E-state index in [-0.39, 0.29) is 11.0 Å². The second-order valence-corrected chi connectivity index (χ2v) is 6.96. The summed E-state index contributed by atoms with van der Waals surface area (Å²) in [5.74, 6) is 7.03. The summed E-state index contributed by atoms with van der Waals surface area (Å²) >= 11 is 0. The van der Waals surface area contributed by atoms with E-state index in [0.29, 0.717) is 5.39 Å². The number of hydrogen-bond acceptors (Lipinski definition) is 3. The molecule has 1 unspecified atom stereocenters. The van der Waals surface area contributed by atoms with E-state index in [9.17, 15) is 4.79 Å². The van der Waals surface area contributed by atoms with E-state index in [1.54, 1.807) is 6.20 Å². The van der Waals surface area contributed by atoms with Crippen LogP contribution in [0.15, 0.2) is 47.4 Å². The summed E-state index contributed by atoms with van der Waals surface area (Å²) in [6, 6.07) is 11.3. The Labute approximate surface area is 146 Å². The molecule has 0 saturated heterocycles. The van der Waals surface area contributed by atoms with Gasteiger partial charge in [0.1, 0.15) is 11.5 Å². The molecule has 0 N–H and O–H groups in total. The van der Waals surface area contributed by atoms with Gasteiger partial charge in [0, 0.05) is 24.7 Å². The van der Waals surface area contributed by atoms with Crippen molar-refractivity contribution < 1.29 is 0 Å². The fourth-order valence-corrected chi connectivity index (χ4v) is 3.27. The van der Waals surface area contributed by atoms with E-state index in [1.807, 2.05) is 41.0 Å². The zero-order chi connectivity index (χ0) is 17.4. The number of pyridine rings is 1. The van der Waals surface area contributed by atoms with Crippen LogP contribution in [-0.4, -0.2) is 14.5 Å². The van der Waals surface area contributed by atoms with Gasteiger partial charge in [-0.3, -0.25) is 9.36 Å². The van der Waals surface area contributed by atoms with Gasteiger partial charge in [-0.05, 0) is 48.1 Å². The second-order valence-electron chi connectivity index (χ2n) is 6.96. The highest BCUT2D eigenvalue weighted by Gasteiger charge is 2.33. The molecule has 0 amide bonds. The molecule has 0 radical (unpaired) electrons. The first-order valence-corrected chi connectivity index (χ1v) is 8.54. The summed E-state index contributed by atoms with van der Waals surface area (Å²) in [5.41, 5.74) is 2.47. The summed E-state index contributed by atoms with van der Waals surface area (Å²) in [5, 5.41) is 0.660. The zero-order valence-corrected chi connectivity index (χ0v) is 14.4. The first-order chi connectivity index (χ1) is 12.1. The first kappa shape index (κ1) is 15.6. The molecule has 1 aliphatic rings. The van der Waals surface area contributed by atoms with Gasteiger partial charge >= 0.3 is 0 Å². The van der Waals surface area contributed by atoms with Gasteiger partial charge in [-0.25, -0.2) is 9.97 Å². The molecular weight excluding hydrogens is 310 g/mol. The number of benzene rings is 1. The Morgan fingerprint density at radius 1 is 1.24 bits per heavy atom. The van der Waals surface area contributed by atoms with E-state index in [0.717, 1.165) is 42.0 Å². The molecule has 1 atom stereocenters. The van der Waals surface area contributed by atoms with Gasteiger partial charge in [0.2, 0.25) is 0 Å². The Bertz CT molecular complexity index is 1070. The Morgan fingerprint density at radius 3 is 2.88 bits per heavy atom. The average Bonchev–Trinajstić information content (AvgIpc) is 2.98. The third-order valence-electron chi connectivity index (χ3n) is 5.01. The Balaban J connectivity index is 1.77. The number of aromatic nitrogens is 3. The Morgan fingerprint density at radius 2 is 2.12 bits per heavy atom. The molecule has 0 saturated carbocycles. The monoisotopic (exact) mass is 329 g/mol. The molecule has 25 heavy (non-hydrogen) atoms. The quantitative estimate of drug-likeness (QED) is 0.644. The minimum absolute atomic E-state index is 0.0569. The van der Waals surface area contributed by atoms with Gasteiger partial charge in [-0.1, -0.05) is 25.8 Å². The highest BCUT2D eigenvalue weighted by atomic mass is 16.1. The molecule has 4 rings (SSSR count). The van der Waals surface area contributed by atoms with Crippen LogP contribution in [0.3, 0.4) is 0 Å². The van der Waals surface area contributed by atoms with Crippen LogP contribution in [-0.2, 0) is 13.0 Å². The van der Waals surface area contributed by atoms with Gasteiger partial charge < -0.3 is 0 Å². The van der Waals surface area contributed by atoms with Crippen molar-refractivity contribution in [2.45, 2.75) is 33.2 Å². The number of hydrogen-bond donors (Lipinski definition) is 0. The van der Waals surface area contributed by atoms with E-state index in [4.69, 9.17) is 4.98 Å². The molecule has 0 spiro atoms. The van der Waals surface area contributed by atoms with Crippen LogP contribution in [0.4, 0.5) is 0 Å². The van der Waals surface area contributed by atoms with E-state index in [1.165, 1.54) is 0 Å². The van der Waals surface area contributed by atoms with Crippen molar-refractivity contribution in [3.8, 4) is 11.8 Å². The third-order valence-corrected chi connectivity index (χ3v) is 5.01. The lowest BCUT2D eigenvalue weighted by Gasteiger charge is -2.18. The minimum Gasteiger partial charge on any atom is -0.296 e. The molecular formula is C21H19N3O. The molecule has 124 valence electrons. The van der Waals surface area contributed by atoms with Crippen LogP contribution in [0, 0.1) is 17.3 Å². The molecule has 3 aromatic rings. The molecule has 4 nitrogen and oxygen atoms in total. The predicted molar refractivity (Wildman–Crippen MR) is 98.3 cm³/mol. The summed E-state index contributed by atoms with van der Waals surface area (Å²) in [4.78, 5) is 21.7. The smallest absolute Gasteiger partial charge is 0.261 e. The van der Waals surface area contributed by atoms with E-state index >= 15 is 0 Å². The van der Waals surface area contributed by atoms with Gasteiger partial charge in [0.25, 0.3) is 5.56 Å². The number of nitrogens with zero attached hydrogens (tertiary/aromatic N) is 3. The standard InChI is InChI=1S/C21H19N3O/c1-3-21(2)13-19-23-18-12-15(7-9-16-6-4-5-11-22-16)8-10-17(18)20(25)24(19)14-21/h4-6,8,10-12H,3,13-14H2,1-2H3. The maximum Gasteiger partial charge on any atom is 0.261 e. The lowest BCUT2D eigenvalue weighted by Crippen LogP contribution is -2.23. The zero-order valence-electron chi connectivity index (χ0n) is 14.4. The maximum atomic E-state index is 12.8. The van der Waals surface area contributed by atoms with Crippen LogP contribution >= 0.6 is 0 Å². The molecule has 1 aromatic carbocycles. The molecule has 4 heteroatoms. The van der Waals surface area contributed by atoms with Crippen molar-refractivity contribution in [3.05, 3.63) is 70.0 Å². The average molecular weight is 329 g/mol. The SMILES string of the molecule is CCC1(C)Cc2nc3cc(C#Cc4ccccn4)ccc3c(=O)n2C1. The Kier molecular flexibility index (Phi) is 3.65. The topological polar surface area (TPSA) is 47.8 Å². The van der Waals surface area contributed by atoms with Crippen molar-refractivity contribution in [1.29, 1.82) is 0 Å². The molecule has 0 fully saturated rings. The van der Waals surface area contributed by atoms with Crippen molar-refractivity contribution in [2.75, 3.05) is 0 Å². The fraction of sp³-hybridized carbons (Fsp3) is 0.286. The van der Waals surface area contributed by atoms with Gasteiger partial charge in [0.05, 0.1) is 10.9 Å². The van der Waals surface area contributed by atoms with Crippen molar-refractivity contribution in [3.63, 3.8) is 0 Å². The third kappa shape index (κ3) is 2.83. The fourth-order valence-electron chi connectivity index (χ4n) is 3.27. The summed E-state index contributed by atoms with van der Waals surface area (Å²) < 4.78 is 1.84. The first-order valence-electron chi connectivity index (χ1n) is 8.54. The van der Waals surface area contributed by atoms with Crippen LogP contribution in [0.2, 0.25) is 0 Å². The van der Waals surface area contributed by atoms with Crippen molar-refractivity contribution in [1.82, 2.24) is 14.5 Å². The van der Waals surface area contributed by atoms with Crippen molar-refractivity contribution >= 4 is 10.9 Å². The van der Waals surface area contributed by atoms with Crippen LogP contribution in [0.25, 0.3) is 10.9 Å². The van der Waals surface area contributed by atoms with Crippen LogP contribution in [0.5, 0.6) is 0 Å². The highest BCUT2D eigenvalue weighted by Crippen LogP contribution is 2.33. The number of rotatable bonds is 1.